The molecule has 0 atom stereocenters. The molecule has 0 radical (unpaired) electrons. The molecule has 2 N–H and O–H groups in total. The van der Waals surface area contributed by atoms with Crippen molar-refractivity contribution in [2.45, 2.75) is 6.92 Å². The van der Waals surface area contributed by atoms with Crippen LogP contribution in [0, 0.1) is 18.3 Å². The van der Waals surface area contributed by atoms with Crippen molar-refractivity contribution in [3.05, 3.63) is 58.1 Å². The van der Waals surface area contributed by atoms with Crippen LogP contribution in [0.4, 0.5) is 11.4 Å². The zero-order valence-corrected chi connectivity index (χ0v) is 13.3. The summed E-state index contributed by atoms with van der Waals surface area (Å²) in [5.74, 6) is -1.64. The van der Waals surface area contributed by atoms with E-state index in [0.29, 0.717) is 16.9 Å². The average molecular weight is 358 g/mol. The molecule has 110 valence electrons. The molecule has 5 nitrogen and oxygen atoms in total. The summed E-state index contributed by atoms with van der Waals surface area (Å²) in [5, 5.41) is 13.9. The summed E-state index contributed by atoms with van der Waals surface area (Å²) in [5.41, 5.74) is 2.12. The molecule has 0 spiro atoms. The van der Waals surface area contributed by atoms with Crippen LogP contribution >= 0.6 is 15.9 Å². The van der Waals surface area contributed by atoms with Gasteiger partial charge in [-0.25, -0.2) is 0 Å². The number of aryl methyl sites for hydroxylation is 1. The number of carbonyl (C=O) groups is 2. The van der Waals surface area contributed by atoms with E-state index in [-0.39, 0.29) is 0 Å². The van der Waals surface area contributed by atoms with Gasteiger partial charge in [0.05, 0.1) is 11.3 Å². The Bertz CT molecular complexity index is 781. The molecule has 0 aromatic heterocycles. The van der Waals surface area contributed by atoms with Gasteiger partial charge < -0.3 is 10.6 Å². The van der Waals surface area contributed by atoms with Crippen LogP contribution in [0.2, 0.25) is 0 Å². The van der Waals surface area contributed by atoms with Gasteiger partial charge in [-0.15, -0.1) is 0 Å². The zero-order valence-electron chi connectivity index (χ0n) is 11.7. The fraction of sp³-hybridized carbons (Fsp3) is 0.0625. The number of halogens is 1. The Morgan fingerprint density at radius 3 is 2.45 bits per heavy atom. The molecule has 6 heteroatoms. The van der Waals surface area contributed by atoms with E-state index in [2.05, 4.69) is 26.6 Å². The first-order valence-electron chi connectivity index (χ1n) is 6.39. The van der Waals surface area contributed by atoms with Crippen LogP contribution < -0.4 is 10.6 Å². The van der Waals surface area contributed by atoms with Gasteiger partial charge >= 0.3 is 11.8 Å². The number of para-hydroxylation sites is 1. The molecule has 0 unspecified atom stereocenters. The molecule has 0 heterocycles. The number of amides is 2. The quantitative estimate of drug-likeness (QED) is 0.809. The van der Waals surface area contributed by atoms with Gasteiger partial charge in [-0.1, -0.05) is 34.1 Å². The predicted molar refractivity (Wildman–Crippen MR) is 87.3 cm³/mol. The smallest absolute Gasteiger partial charge is 0.314 e. The Morgan fingerprint density at radius 2 is 1.77 bits per heavy atom. The molecule has 0 saturated heterocycles. The normalized spacial score (nSPS) is 9.68. The second-order valence-electron chi connectivity index (χ2n) is 4.53. The lowest BCUT2D eigenvalue weighted by Gasteiger charge is -2.08. The highest BCUT2D eigenvalue weighted by atomic mass is 79.9. The summed E-state index contributed by atoms with van der Waals surface area (Å²) < 4.78 is 0.834. The summed E-state index contributed by atoms with van der Waals surface area (Å²) in [6.45, 7) is 1.92. The number of nitrogens with one attached hydrogen (secondary N) is 2. The maximum absolute atomic E-state index is 11.9. The molecule has 2 rings (SSSR count). The first kappa shape index (κ1) is 15.7. The van der Waals surface area contributed by atoms with Crippen molar-refractivity contribution in [1.82, 2.24) is 0 Å². The van der Waals surface area contributed by atoms with E-state index in [0.717, 1.165) is 10.0 Å². The minimum absolute atomic E-state index is 0.293. The molecule has 22 heavy (non-hydrogen) atoms. The molecule has 2 amide bonds. The number of hydrogen-bond acceptors (Lipinski definition) is 3. The topological polar surface area (TPSA) is 82.0 Å². The maximum Gasteiger partial charge on any atom is 0.314 e. The van der Waals surface area contributed by atoms with E-state index < -0.39 is 11.8 Å². The zero-order chi connectivity index (χ0) is 16.1. The van der Waals surface area contributed by atoms with Crippen molar-refractivity contribution in [3.63, 3.8) is 0 Å². The van der Waals surface area contributed by atoms with Crippen LogP contribution in [0.3, 0.4) is 0 Å². The molecule has 0 aliphatic rings. The van der Waals surface area contributed by atoms with Crippen molar-refractivity contribution in [1.29, 1.82) is 5.26 Å². The first-order chi connectivity index (χ1) is 10.5. The monoisotopic (exact) mass is 357 g/mol. The fourth-order valence-electron chi connectivity index (χ4n) is 1.73. The van der Waals surface area contributed by atoms with Gasteiger partial charge in [0.1, 0.15) is 6.07 Å². The van der Waals surface area contributed by atoms with E-state index in [1.54, 1.807) is 36.4 Å². The highest BCUT2D eigenvalue weighted by Crippen LogP contribution is 2.20. The third-order valence-corrected chi connectivity index (χ3v) is 3.79. The van der Waals surface area contributed by atoms with Crippen molar-refractivity contribution in [3.8, 4) is 6.07 Å². The van der Waals surface area contributed by atoms with E-state index in [1.807, 2.05) is 19.1 Å². The van der Waals surface area contributed by atoms with Crippen molar-refractivity contribution < 1.29 is 9.59 Å². The van der Waals surface area contributed by atoms with E-state index >= 15 is 0 Å². The minimum Gasteiger partial charge on any atom is -0.318 e. The van der Waals surface area contributed by atoms with Crippen molar-refractivity contribution in [2.75, 3.05) is 10.6 Å². The standard InChI is InChI=1S/C16H12BrN3O2/c1-10-6-7-12(8-13(10)17)19-15(21)16(22)20-14-5-3-2-4-11(14)9-18/h2-8H,1H3,(H,19,21)(H,20,22). The van der Waals surface area contributed by atoms with Crippen LogP contribution in [0.5, 0.6) is 0 Å². The van der Waals surface area contributed by atoms with Crippen LogP contribution in [0.15, 0.2) is 46.9 Å². The molecule has 0 aliphatic heterocycles. The van der Waals surface area contributed by atoms with Crippen molar-refractivity contribution in [2.24, 2.45) is 0 Å². The fourth-order valence-corrected chi connectivity index (χ4v) is 2.11. The second-order valence-corrected chi connectivity index (χ2v) is 5.38. The summed E-state index contributed by atoms with van der Waals surface area (Å²) in [4.78, 5) is 23.8. The largest absolute Gasteiger partial charge is 0.318 e. The molecular weight excluding hydrogens is 346 g/mol. The van der Waals surface area contributed by atoms with E-state index in [4.69, 9.17) is 5.26 Å². The highest BCUT2D eigenvalue weighted by molar-refractivity contribution is 9.10. The molecule has 0 fully saturated rings. The van der Waals surface area contributed by atoms with Gasteiger partial charge in [0.15, 0.2) is 0 Å². The molecule has 0 aliphatic carbocycles. The third kappa shape index (κ3) is 3.71. The van der Waals surface area contributed by atoms with Gasteiger partial charge in [-0.05, 0) is 36.8 Å². The summed E-state index contributed by atoms with van der Waals surface area (Å²) in [7, 11) is 0. The number of anilines is 2. The lowest BCUT2D eigenvalue weighted by molar-refractivity contribution is -0.133. The second kappa shape index (κ2) is 6.87. The van der Waals surface area contributed by atoms with Gasteiger partial charge in [-0.3, -0.25) is 9.59 Å². The Morgan fingerprint density at radius 1 is 1.09 bits per heavy atom. The number of nitrogens with zero attached hydrogens (tertiary/aromatic N) is 1. The SMILES string of the molecule is Cc1ccc(NC(=O)C(=O)Nc2ccccc2C#N)cc1Br. The van der Waals surface area contributed by atoms with Gasteiger partial charge in [-0.2, -0.15) is 5.26 Å². The predicted octanol–water partition coefficient (Wildman–Crippen LogP) is 3.21. The maximum atomic E-state index is 11.9. The Hall–Kier alpha value is -2.65. The van der Waals surface area contributed by atoms with Crippen LogP contribution in [0.25, 0.3) is 0 Å². The molecule has 0 bridgehead atoms. The lowest BCUT2D eigenvalue weighted by atomic mass is 10.2. The number of carbonyl (C=O) groups excluding carboxylic acids is 2. The van der Waals surface area contributed by atoms with Gasteiger partial charge in [0.25, 0.3) is 0 Å². The van der Waals surface area contributed by atoms with E-state index in [9.17, 15) is 9.59 Å². The number of benzene rings is 2. The van der Waals surface area contributed by atoms with Gasteiger partial charge in [0.2, 0.25) is 0 Å². The molecule has 2 aromatic carbocycles. The summed E-state index contributed by atoms with van der Waals surface area (Å²) in [6, 6.07) is 13.7. The lowest BCUT2D eigenvalue weighted by Crippen LogP contribution is -2.29. The third-order valence-electron chi connectivity index (χ3n) is 2.93. The van der Waals surface area contributed by atoms with Gasteiger partial charge in [0, 0.05) is 10.2 Å². The molecular formula is C16H12BrN3O2. The summed E-state index contributed by atoms with van der Waals surface area (Å²) >= 11 is 3.36. The summed E-state index contributed by atoms with van der Waals surface area (Å²) in [6.07, 6.45) is 0. The Balaban J connectivity index is 2.08. The van der Waals surface area contributed by atoms with Crippen LogP contribution in [-0.4, -0.2) is 11.8 Å². The minimum atomic E-state index is -0.834. The number of nitriles is 1. The van der Waals surface area contributed by atoms with Crippen LogP contribution in [-0.2, 0) is 9.59 Å². The Kier molecular flexibility index (Phi) is 4.92. The number of rotatable bonds is 2. The number of hydrogen-bond donors (Lipinski definition) is 2. The van der Waals surface area contributed by atoms with Crippen molar-refractivity contribution >= 4 is 39.1 Å². The van der Waals surface area contributed by atoms with Crippen LogP contribution in [0.1, 0.15) is 11.1 Å². The molecule has 2 aromatic rings. The molecule has 0 saturated carbocycles. The first-order valence-corrected chi connectivity index (χ1v) is 7.18. The average Bonchev–Trinajstić information content (AvgIpc) is 2.51. The highest BCUT2D eigenvalue weighted by Gasteiger charge is 2.15. The Labute approximate surface area is 136 Å². The van der Waals surface area contributed by atoms with E-state index in [1.165, 1.54) is 0 Å².